The monoisotopic (exact) mass is 278 g/mol. The smallest absolute Gasteiger partial charge is 0.263 e. The number of nitrogens with zero attached hydrogens (tertiary/aromatic N) is 2. The SMILES string of the molecule is CCNc1ccc(S(=O)(=O)Nc2ccncc2)cn1. The summed E-state index contributed by atoms with van der Waals surface area (Å²) in [6, 6.07) is 6.30. The Bertz CT molecular complexity index is 627. The van der Waals surface area contributed by atoms with E-state index in [1.54, 1.807) is 18.2 Å². The van der Waals surface area contributed by atoms with Gasteiger partial charge in [-0.2, -0.15) is 0 Å². The molecule has 100 valence electrons. The third kappa shape index (κ3) is 3.41. The highest BCUT2D eigenvalue weighted by Crippen LogP contribution is 2.15. The van der Waals surface area contributed by atoms with E-state index in [0.29, 0.717) is 11.5 Å². The molecular weight excluding hydrogens is 264 g/mol. The first-order valence-electron chi connectivity index (χ1n) is 5.74. The molecule has 0 aromatic carbocycles. The maximum absolute atomic E-state index is 12.1. The van der Waals surface area contributed by atoms with Crippen LogP contribution < -0.4 is 10.0 Å². The fourth-order valence-corrected chi connectivity index (χ4v) is 2.46. The topological polar surface area (TPSA) is 84.0 Å². The second kappa shape index (κ2) is 5.66. The van der Waals surface area contributed by atoms with Gasteiger partial charge in [0.05, 0.1) is 5.69 Å². The lowest BCUT2D eigenvalue weighted by Crippen LogP contribution is -2.13. The van der Waals surface area contributed by atoms with Crippen LogP contribution in [0, 0.1) is 0 Å². The van der Waals surface area contributed by atoms with Gasteiger partial charge in [0.1, 0.15) is 10.7 Å². The minimum Gasteiger partial charge on any atom is -0.370 e. The highest BCUT2D eigenvalue weighted by molar-refractivity contribution is 7.92. The van der Waals surface area contributed by atoms with Crippen LogP contribution in [-0.2, 0) is 10.0 Å². The quantitative estimate of drug-likeness (QED) is 0.869. The molecule has 2 N–H and O–H groups in total. The van der Waals surface area contributed by atoms with Gasteiger partial charge in [0.2, 0.25) is 0 Å². The van der Waals surface area contributed by atoms with Gasteiger partial charge in [-0.1, -0.05) is 0 Å². The molecule has 7 heteroatoms. The Morgan fingerprint density at radius 3 is 2.47 bits per heavy atom. The zero-order chi connectivity index (χ0) is 13.7. The molecule has 0 aliphatic heterocycles. The molecule has 2 rings (SSSR count). The molecule has 2 heterocycles. The highest BCUT2D eigenvalue weighted by Gasteiger charge is 2.14. The number of hydrogen-bond acceptors (Lipinski definition) is 5. The lowest BCUT2D eigenvalue weighted by molar-refractivity contribution is 0.601. The molecular formula is C12H14N4O2S. The van der Waals surface area contributed by atoms with E-state index >= 15 is 0 Å². The number of pyridine rings is 2. The van der Waals surface area contributed by atoms with Crippen molar-refractivity contribution in [3.8, 4) is 0 Å². The van der Waals surface area contributed by atoms with Crippen LogP contribution >= 0.6 is 0 Å². The number of nitrogens with one attached hydrogen (secondary N) is 2. The second-order valence-electron chi connectivity index (χ2n) is 3.75. The Hall–Kier alpha value is -2.15. The van der Waals surface area contributed by atoms with Gasteiger partial charge in [-0.05, 0) is 31.2 Å². The summed E-state index contributed by atoms with van der Waals surface area (Å²) in [7, 11) is -3.61. The van der Waals surface area contributed by atoms with Crippen LogP contribution in [0.5, 0.6) is 0 Å². The summed E-state index contributed by atoms with van der Waals surface area (Å²) in [5, 5.41) is 3.00. The molecule has 0 aliphatic carbocycles. The predicted molar refractivity (Wildman–Crippen MR) is 73.4 cm³/mol. The molecule has 0 saturated heterocycles. The number of anilines is 2. The van der Waals surface area contributed by atoms with E-state index in [-0.39, 0.29) is 4.90 Å². The number of hydrogen-bond donors (Lipinski definition) is 2. The number of rotatable bonds is 5. The Kier molecular flexibility index (Phi) is 3.96. The number of sulfonamides is 1. The van der Waals surface area contributed by atoms with Crippen molar-refractivity contribution in [2.24, 2.45) is 0 Å². The lowest BCUT2D eigenvalue weighted by atomic mass is 10.4. The van der Waals surface area contributed by atoms with Crippen LogP contribution in [0.4, 0.5) is 11.5 Å². The molecule has 0 saturated carbocycles. The zero-order valence-corrected chi connectivity index (χ0v) is 11.2. The van der Waals surface area contributed by atoms with Crippen molar-refractivity contribution in [1.29, 1.82) is 0 Å². The highest BCUT2D eigenvalue weighted by atomic mass is 32.2. The van der Waals surface area contributed by atoms with Gasteiger partial charge in [-0.15, -0.1) is 0 Å². The molecule has 0 radical (unpaired) electrons. The van der Waals surface area contributed by atoms with Crippen LogP contribution in [0.15, 0.2) is 47.8 Å². The molecule has 0 fully saturated rings. The predicted octanol–water partition coefficient (Wildman–Crippen LogP) is 1.71. The molecule has 0 spiro atoms. The van der Waals surface area contributed by atoms with Crippen molar-refractivity contribution in [2.75, 3.05) is 16.6 Å². The average molecular weight is 278 g/mol. The number of aromatic nitrogens is 2. The minimum absolute atomic E-state index is 0.117. The van der Waals surface area contributed by atoms with Crippen LogP contribution in [-0.4, -0.2) is 24.9 Å². The van der Waals surface area contributed by atoms with Gasteiger partial charge < -0.3 is 5.32 Å². The van der Waals surface area contributed by atoms with Crippen LogP contribution in [0.1, 0.15) is 6.92 Å². The summed E-state index contributed by atoms with van der Waals surface area (Å²) in [6.07, 6.45) is 4.36. The van der Waals surface area contributed by atoms with Gasteiger partial charge in [-0.25, -0.2) is 13.4 Å². The van der Waals surface area contributed by atoms with E-state index in [1.165, 1.54) is 24.7 Å². The van der Waals surface area contributed by atoms with E-state index in [2.05, 4.69) is 20.0 Å². The normalized spacial score (nSPS) is 11.0. The first kappa shape index (κ1) is 13.3. The third-order valence-electron chi connectivity index (χ3n) is 2.34. The summed E-state index contributed by atoms with van der Waals surface area (Å²) in [6.45, 7) is 2.67. The molecule has 2 aromatic rings. The van der Waals surface area contributed by atoms with Crippen molar-refractivity contribution >= 4 is 21.5 Å². The second-order valence-corrected chi connectivity index (χ2v) is 5.43. The maximum Gasteiger partial charge on any atom is 0.263 e. The summed E-state index contributed by atoms with van der Waals surface area (Å²) in [5.74, 6) is 0.644. The van der Waals surface area contributed by atoms with Crippen molar-refractivity contribution in [3.05, 3.63) is 42.9 Å². The fraction of sp³-hybridized carbons (Fsp3) is 0.167. The summed E-state index contributed by atoms with van der Waals surface area (Å²) < 4.78 is 26.6. The molecule has 0 atom stereocenters. The van der Waals surface area contributed by atoms with E-state index in [0.717, 1.165) is 6.54 Å². The zero-order valence-electron chi connectivity index (χ0n) is 10.4. The maximum atomic E-state index is 12.1. The largest absolute Gasteiger partial charge is 0.370 e. The van der Waals surface area contributed by atoms with Crippen LogP contribution in [0.3, 0.4) is 0 Å². The van der Waals surface area contributed by atoms with E-state index in [4.69, 9.17) is 0 Å². The molecule has 0 unspecified atom stereocenters. The first-order valence-corrected chi connectivity index (χ1v) is 7.23. The summed E-state index contributed by atoms with van der Waals surface area (Å²) in [5.41, 5.74) is 0.464. The molecule has 0 bridgehead atoms. The fourth-order valence-electron chi connectivity index (χ4n) is 1.46. The van der Waals surface area contributed by atoms with Gasteiger partial charge in [0.25, 0.3) is 10.0 Å². The average Bonchev–Trinajstić information content (AvgIpc) is 2.40. The van der Waals surface area contributed by atoms with Crippen LogP contribution in [0.2, 0.25) is 0 Å². The molecule has 6 nitrogen and oxygen atoms in total. The summed E-state index contributed by atoms with van der Waals surface area (Å²) in [4.78, 5) is 7.98. The van der Waals surface area contributed by atoms with Gasteiger partial charge in [-0.3, -0.25) is 9.71 Å². The van der Waals surface area contributed by atoms with Gasteiger partial charge >= 0.3 is 0 Å². The molecule has 0 aliphatic rings. The Morgan fingerprint density at radius 1 is 1.16 bits per heavy atom. The lowest BCUT2D eigenvalue weighted by Gasteiger charge is -2.08. The minimum atomic E-state index is -3.61. The first-order chi connectivity index (χ1) is 9.12. The van der Waals surface area contributed by atoms with E-state index in [1.807, 2.05) is 6.92 Å². The van der Waals surface area contributed by atoms with Gasteiger partial charge in [0.15, 0.2) is 0 Å². The standard InChI is InChI=1S/C12H14N4O2S/c1-2-14-12-4-3-11(9-15-12)19(17,18)16-10-5-7-13-8-6-10/h3-9H,2H2,1H3,(H,13,16)(H,14,15). The molecule has 0 amide bonds. The Morgan fingerprint density at radius 2 is 1.89 bits per heavy atom. The van der Waals surface area contributed by atoms with Crippen molar-refractivity contribution in [2.45, 2.75) is 11.8 Å². The van der Waals surface area contributed by atoms with Crippen molar-refractivity contribution < 1.29 is 8.42 Å². The van der Waals surface area contributed by atoms with Crippen molar-refractivity contribution in [1.82, 2.24) is 9.97 Å². The van der Waals surface area contributed by atoms with Gasteiger partial charge in [0, 0.05) is 25.1 Å². The van der Waals surface area contributed by atoms with Crippen LogP contribution in [0.25, 0.3) is 0 Å². The van der Waals surface area contributed by atoms with E-state index < -0.39 is 10.0 Å². The third-order valence-corrected chi connectivity index (χ3v) is 3.70. The van der Waals surface area contributed by atoms with E-state index in [9.17, 15) is 8.42 Å². The Labute approximate surface area is 112 Å². The Balaban J connectivity index is 2.20. The summed E-state index contributed by atoms with van der Waals surface area (Å²) >= 11 is 0. The molecule has 2 aromatic heterocycles. The molecule has 19 heavy (non-hydrogen) atoms. The van der Waals surface area contributed by atoms with Crippen molar-refractivity contribution in [3.63, 3.8) is 0 Å².